The van der Waals surface area contributed by atoms with Crippen LogP contribution in [0.4, 0.5) is 5.69 Å². The fourth-order valence-electron chi connectivity index (χ4n) is 2.27. The number of rotatable bonds is 3. The number of sulfone groups is 1. The van der Waals surface area contributed by atoms with Crippen LogP contribution in [-0.2, 0) is 9.84 Å². The van der Waals surface area contributed by atoms with Crippen molar-refractivity contribution in [3.8, 4) is 0 Å². The van der Waals surface area contributed by atoms with Crippen molar-refractivity contribution in [1.82, 2.24) is 0 Å². The number of carbonyl (C=O) groups excluding carboxylic acids is 1. The van der Waals surface area contributed by atoms with Gasteiger partial charge in [-0.3, -0.25) is 4.79 Å². The highest BCUT2D eigenvalue weighted by atomic mass is 32.2. The molecule has 116 valence electrons. The molecule has 0 aliphatic carbocycles. The first-order valence-corrected chi connectivity index (χ1v) is 8.76. The molecule has 0 unspecified atom stereocenters. The first kappa shape index (κ1) is 16.2. The minimum atomic E-state index is -3.31. The van der Waals surface area contributed by atoms with Crippen LogP contribution in [-0.4, -0.2) is 20.6 Å². The molecule has 0 aliphatic rings. The number of carbonyl (C=O) groups is 1. The van der Waals surface area contributed by atoms with Gasteiger partial charge < -0.3 is 5.32 Å². The second kappa shape index (κ2) is 5.93. The molecule has 2 aromatic carbocycles. The number of hydrogen-bond acceptors (Lipinski definition) is 3. The highest BCUT2D eigenvalue weighted by Crippen LogP contribution is 2.21. The zero-order valence-electron chi connectivity index (χ0n) is 13.1. The maximum atomic E-state index is 12.4. The van der Waals surface area contributed by atoms with Crippen LogP contribution in [0.5, 0.6) is 0 Å². The van der Waals surface area contributed by atoms with Gasteiger partial charge >= 0.3 is 0 Å². The summed E-state index contributed by atoms with van der Waals surface area (Å²) in [6, 6.07) is 10.3. The lowest BCUT2D eigenvalue weighted by Crippen LogP contribution is -2.13. The maximum Gasteiger partial charge on any atom is 0.255 e. The first-order valence-electron chi connectivity index (χ1n) is 6.87. The van der Waals surface area contributed by atoms with E-state index in [1.54, 1.807) is 18.2 Å². The number of hydrogen-bond donors (Lipinski definition) is 1. The van der Waals surface area contributed by atoms with Crippen LogP contribution in [0, 0.1) is 20.8 Å². The molecule has 2 aromatic rings. The first-order chi connectivity index (χ1) is 10.2. The molecule has 22 heavy (non-hydrogen) atoms. The fourth-order valence-corrected chi connectivity index (χ4v) is 2.91. The van der Waals surface area contributed by atoms with Crippen molar-refractivity contribution in [2.24, 2.45) is 0 Å². The summed E-state index contributed by atoms with van der Waals surface area (Å²) in [5.74, 6) is -0.249. The quantitative estimate of drug-likeness (QED) is 0.945. The topological polar surface area (TPSA) is 63.2 Å². The van der Waals surface area contributed by atoms with Crippen molar-refractivity contribution in [1.29, 1.82) is 0 Å². The number of amides is 1. The van der Waals surface area contributed by atoms with E-state index in [-0.39, 0.29) is 10.8 Å². The smallest absolute Gasteiger partial charge is 0.255 e. The normalized spacial score (nSPS) is 11.3. The van der Waals surface area contributed by atoms with Crippen LogP contribution in [0.2, 0.25) is 0 Å². The van der Waals surface area contributed by atoms with Crippen molar-refractivity contribution in [3.05, 3.63) is 58.7 Å². The summed E-state index contributed by atoms with van der Waals surface area (Å²) in [6.07, 6.45) is 1.15. The lowest BCUT2D eigenvalue weighted by atomic mass is 10.1. The van der Waals surface area contributed by atoms with Gasteiger partial charge in [0.1, 0.15) is 0 Å². The molecule has 0 radical (unpaired) electrons. The Bertz CT molecular complexity index is 819. The van der Waals surface area contributed by atoms with Gasteiger partial charge in [0.25, 0.3) is 5.91 Å². The Kier molecular flexibility index (Phi) is 4.37. The predicted molar refractivity (Wildman–Crippen MR) is 88.2 cm³/mol. The van der Waals surface area contributed by atoms with Gasteiger partial charge in [-0.25, -0.2) is 8.42 Å². The number of nitrogens with one attached hydrogen (secondary N) is 1. The van der Waals surface area contributed by atoms with E-state index in [0.29, 0.717) is 11.3 Å². The van der Waals surface area contributed by atoms with Crippen LogP contribution >= 0.6 is 0 Å². The largest absolute Gasteiger partial charge is 0.322 e. The van der Waals surface area contributed by atoms with E-state index >= 15 is 0 Å². The Hall–Kier alpha value is -2.14. The zero-order valence-corrected chi connectivity index (χ0v) is 13.9. The van der Waals surface area contributed by atoms with Crippen molar-refractivity contribution >= 4 is 21.4 Å². The van der Waals surface area contributed by atoms with Crippen LogP contribution in [0.1, 0.15) is 27.0 Å². The van der Waals surface area contributed by atoms with Crippen LogP contribution < -0.4 is 5.32 Å². The average Bonchev–Trinajstić information content (AvgIpc) is 2.38. The highest BCUT2D eigenvalue weighted by Gasteiger charge is 2.13. The summed E-state index contributed by atoms with van der Waals surface area (Å²) in [5, 5.41) is 2.79. The third kappa shape index (κ3) is 3.74. The predicted octanol–water partition coefficient (Wildman–Crippen LogP) is 3.27. The summed E-state index contributed by atoms with van der Waals surface area (Å²) in [7, 11) is -3.31. The summed E-state index contributed by atoms with van der Waals surface area (Å²) in [4.78, 5) is 12.6. The molecule has 0 atom stereocenters. The van der Waals surface area contributed by atoms with Gasteiger partial charge in [-0.1, -0.05) is 23.3 Å². The van der Waals surface area contributed by atoms with E-state index in [2.05, 4.69) is 5.32 Å². The van der Waals surface area contributed by atoms with Crippen molar-refractivity contribution in [2.45, 2.75) is 25.7 Å². The van der Waals surface area contributed by atoms with Gasteiger partial charge in [0.05, 0.1) is 4.90 Å². The number of anilines is 1. The molecule has 0 aromatic heterocycles. The molecular weight excluding hydrogens is 298 g/mol. The van der Waals surface area contributed by atoms with Crippen molar-refractivity contribution in [3.63, 3.8) is 0 Å². The summed E-state index contributed by atoms with van der Waals surface area (Å²) in [6.45, 7) is 5.68. The van der Waals surface area contributed by atoms with E-state index in [1.807, 2.05) is 26.8 Å². The van der Waals surface area contributed by atoms with Gasteiger partial charge in [0, 0.05) is 17.5 Å². The van der Waals surface area contributed by atoms with Gasteiger partial charge in [0.2, 0.25) is 0 Å². The molecule has 0 heterocycles. The van der Waals surface area contributed by atoms with Gasteiger partial charge in [-0.05, 0) is 50.6 Å². The lowest BCUT2D eigenvalue weighted by Gasteiger charge is -2.11. The average molecular weight is 317 g/mol. The fraction of sp³-hybridized carbons (Fsp3) is 0.235. The molecular formula is C17H19NO3S. The van der Waals surface area contributed by atoms with Crippen LogP contribution in [0.3, 0.4) is 0 Å². The Labute approximate surface area is 131 Å². The van der Waals surface area contributed by atoms with E-state index in [9.17, 15) is 13.2 Å². The van der Waals surface area contributed by atoms with Crippen molar-refractivity contribution in [2.75, 3.05) is 11.6 Å². The molecule has 1 N–H and O–H groups in total. The number of benzene rings is 2. The summed E-state index contributed by atoms with van der Waals surface area (Å²) < 4.78 is 23.3. The molecule has 0 spiro atoms. The molecule has 2 rings (SSSR count). The van der Waals surface area contributed by atoms with Crippen LogP contribution in [0.15, 0.2) is 41.3 Å². The summed E-state index contributed by atoms with van der Waals surface area (Å²) >= 11 is 0. The van der Waals surface area contributed by atoms with Gasteiger partial charge in [-0.15, -0.1) is 0 Å². The SMILES string of the molecule is Cc1cc(C)cc(C(=O)Nc2cc(S(C)(=O)=O)ccc2C)c1. The van der Waals surface area contributed by atoms with Gasteiger partial charge in [0.15, 0.2) is 9.84 Å². The molecule has 0 aliphatic heterocycles. The molecule has 1 amide bonds. The van der Waals surface area contributed by atoms with E-state index in [4.69, 9.17) is 0 Å². The third-order valence-electron chi connectivity index (χ3n) is 3.37. The monoisotopic (exact) mass is 317 g/mol. The molecule has 5 heteroatoms. The second-order valence-electron chi connectivity index (χ2n) is 5.58. The molecule has 0 fully saturated rings. The van der Waals surface area contributed by atoms with E-state index in [0.717, 1.165) is 22.9 Å². The minimum absolute atomic E-state index is 0.189. The van der Waals surface area contributed by atoms with Crippen LogP contribution in [0.25, 0.3) is 0 Å². The molecule has 0 bridgehead atoms. The van der Waals surface area contributed by atoms with Gasteiger partial charge in [-0.2, -0.15) is 0 Å². The zero-order chi connectivity index (χ0) is 16.5. The Morgan fingerprint density at radius 1 is 0.955 bits per heavy atom. The standard InChI is InChI=1S/C17H19NO3S/c1-11-7-12(2)9-14(8-11)17(19)18-16-10-15(22(4,20)21)6-5-13(16)3/h5-10H,1-4H3,(H,18,19). The molecule has 0 saturated carbocycles. The number of aryl methyl sites for hydroxylation is 3. The minimum Gasteiger partial charge on any atom is -0.322 e. The lowest BCUT2D eigenvalue weighted by molar-refractivity contribution is 0.102. The van der Waals surface area contributed by atoms with Crippen molar-refractivity contribution < 1.29 is 13.2 Å². The third-order valence-corrected chi connectivity index (χ3v) is 4.48. The highest BCUT2D eigenvalue weighted by molar-refractivity contribution is 7.90. The maximum absolute atomic E-state index is 12.4. The Balaban J connectivity index is 2.36. The van der Waals surface area contributed by atoms with E-state index < -0.39 is 9.84 Å². The molecule has 4 nitrogen and oxygen atoms in total. The second-order valence-corrected chi connectivity index (χ2v) is 7.60. The Morgan fingerprint density at radius 3 is 2.09 bits per heavy atom. The van der Waals surface area contributed by atoms with E-state index in [1.165, 1.54) is 12.1 Å². The Morgan fingerprint density at radius 2 is 1.55 bits per heavy atom. The summed E-state index contributed by atoms with van der Waals surface area (Å²) in [5.41, 5.74) is 3.89. The molecule has 0 saturated heterocycles.